The summed E-state index contributed by atoms with van der Waals surface area (Å²) in [5.74, 6) is 0. The largest absolute Gasteiger partial charge is 0.417 e. The van der Waals surface area contributed by atoms with Gasteiger partial charge in [0, 0.05) is 11.8 Å². The average Bonchev–Trinajstić information content (AvgIpc) is 2.88. The lowest BCUT2D eigenvalue weighted by atomic mass is 10.1. The van der Waals surface area contributed by atoms with E-state index in [1.54, 1.807) is 0 Å². The van der Waals surface area contributed by atoms with E-state index in [1.165, 1.54) is 24.3 Å². The molecular weight excluding hydrogens is 322 g/mol. The first kappa shape index (κ1) is 15.4. The minimum atomic E-state index is -4.49. The maximum Gasteiger partial charge on any atom is 0.417 e. The van der Waals surface area contributed by atoms with E-state index in [4.69, 9.17) is 0 Å². The molecule has 0 aliphatic carbocycles. The highest BCUT2D eigenvalue weighted by Gasteiger charge is 2.31. The van der Waals surface area contributed by atoms with Crippen molar-refractivity contribution in [3.8, 4) is 11.3 Å². The molecule has 0 fully saturated rings. The van der Waals surface area contributed by atoms with E-state index >= 15 is 0 Å². The molecule has 0 amide bonds. The van der Waals surface area contributed by atoms with Crippen molar-refractivity contribution in [2.75, 3.05) is 0 Å². The lowest BCUT2D eigenvalue weighted by Gasteiger charge is -2.06. The molecule has 0 bridgehead atoms. The summed E-state index contributed by atoms with van der Waals surface area (Å²) in [5.41, 5.74) is -0.572. The van der Waals surface area contributed by atoms with Gasteiger partial charge in [-0.25, -0.2) is 4.52 Å². The van der Waals surface area contributed by atoms with Crippen LogP contribution in [0.1, 0.15) is 11.1 Å². The average molecular weight is 330 g/mol. The fraction of sp³-hybridized carbons (Fsp3) is 0.133. The van der Waals surface area contributed by atoms with Crippen molar-refractivity contribution in [1.29, 1.82) is 0 Å². The SMILES string of the molecule is FC(F)(F)c1ccc(-c2cc3ccc(C(F)(F)F)cn3n2)cc1. The van der Waals surface area contributed by atoms with Crippen LogP contribution in [0.3, 0.4) is 0 Å². The Kier molecular flexibility index (Phi) is 3.35. The van der Waals surface area contributed by atoms with Gasteiger partial charge in [0.15, 0.2) is 0 Å². The van der Waals surface area contributed by atoms with Crippen LogP contribution in [0.5, 0.6) is 0 Å². The number of benzene rings is 1. The molecule has 0 unspecified atom stereocenters. The quantitative estimate of drug-likeness (QED) is 0.572. The minimum Gasteiger partial charge on any atom is -0.240 e. The van der Waals surface area contributed by atoms with Gasteiger partial charge in [-0.15, -0.1) is 0 Å². The monoisotopic (exact) mass is 330 g/mol. The van der Waals surface area contributed by atoms with Crippen LogP contribution in [0.4, 0.5) is 26.3 Å². The van der Waals surface area contributed by atoms with Crippen LogP contribution >= 0.6 is 0 Å². The van der Waals surface area contributed by atoms with E-state index in [2.05, 4.69) is 5.10 Å². The number of pyridine rings is 1. The first-order chi connectivity index (χ1) is 10.6. The molecule has 0 aliphatic heterocycles. The zero-order chi connectivity index (χ0) is 16.8. The highest BCUT2D eigenvalue weighted by molar-refractivity contribution is 5.66. The minimum absolute atomic E-state index is 0.290. The first-order valence-electron chi connectivity index (χ1n) is 6.39. The van der Waals surface area contributed by atoms with Gasteiger partial charge in [0.25, 0.3) is 0 Å². The van der Waals surface area contributed by atoms with Crippen LogP contribution in [-0.4, -0.2) is 9.61 Å². The Bertz CT molecular complexity index is 843. The number of fused-ring (bicyclic) bond motifs is 1. The molecule has 120 valence electrons. The summed E-state index contributed by atoms with van der Waals surface area (Å²) in [6.45, 7) is 0. The third-order valence-electron chi connectivity index (χ3n) is 3.29. The summed E-state index contributed by atoms with van der Waals surface area (Å²) in [6, 6.07) is 7.95. The molecule has 0 radical (unpaired) electrons. The third-order valence-corrected chi connectivity index (χ3v) is 3.29. The number of alkyl halides is 6. The molecule has 2 nitrogen and oxygen atoms in total. The molecule has 1 aromatic carbocycles. The Morgan fingerprint density at radius 2 is 1.30 bits per heavy atom. The number of hydrogen-bond acceptors (Lipinski definition) is 1. The van der Waals surface area contributed by atoms with E-state index in [-0.39, 0.29) is 5.69 Å². The van der Waals surface area contributed by atoms with E-state index in [9.17, 15) is 26.3 Å². The molecular formula is C15H8F6N2. The summed E-state index contributed by atoms with van der Waals surface area (Å²) in [5, 5.41) is 3.98. The highest BCUT2D eigenvalue weighted by atomic mass is 19.4. The molecule has 0 N–H and O–H groups in total. The van der Waals surface area contributed by atoms with Crippen LogP contribution in [0.2, 0.25) is 0 Å². The van der Waals surface area contributed by atoms with Crippen molar-refractivity contribution in [3.05, 3.63) is 59.8 Å². The number of hydrogen-bond donors (Lipinski definition) is 0. The Labute approximate surface area is 126 Å². The summed E-state index contributed by atoms with van der Waals surface area (Å²) in [7, 11) is 0. The number of halogens is 6. The molecule has 0 aliphatic rings. The van der Waals surface area contributed by atoms with E-state index in [0.29, 0.717) is 11.1 Å². The van der Waals surface area contributed by atoms with Crippen LogP contribution in [0.15, 0.2) is 48.7 Å². The predicted octanol–water partition coefficient (Wildman–Crippen LogP) is 5.04. The summed E-state index contributed by atoms with van der Waals surface area (Å²) in [6.07, 6.45) is -8.10. The zero-order valence-electron chi connectivity index (χ0n) is 11.3. The first-order valence-corrected chi connectivity index (χ1v) is 6.39. The van der Waals surface area contributed by atoms with Crippen LogP contribution in [-0.2, 0) is 12.4 Å². The van der Waals surface area contributed by atoms with Crippen molar-refractivity contribution in [1.82, 2.24) is 9.61 Å². The molecule has 23 heavy (non-hydrogen) atoms. The van der Waals surface area contributed by atoms with Gasteiger partial charge < -0.3 is 0 Å². The maximum atomic E-state index is 12.7. The van der Waals surface area contributed by atoms with Crippen molar-refractivity contribution in [3.63, 3.8) is 0 Å². The molecule has 0 spiro atoms. The van der Waals surface area contributed by atoms with E-state index in [0.717, 1.165) is 28.9 Å². The Morgan fingerprint density at radius 3 is 1.87 bits per heavy atom. The van der Waals surface area contributed by atoms with Crippen molar-refractivity contribution < 1.29 is 26.3 Å². The van der Waals surface area contributed by atoms with Gasteiger partial charge in [0.2, 0.25) is 0 Å². The number of nitrogens with zero attached hydrogens (tertiary/aromatic N) is 2. The molecule has 3 aromatic rings. The molecule has 8 heteroatoms. The molecule has 2 heterocycles. The summed E-state index contributed by atoms with van der Waals surface area (Å²) < 4.78 is 76.6. The van der Waals surface area contributed by atoms with Gasteiger partial charge in [-0.2, -0.15) is 31.4 Å². The van der Waals surface area contributed by atoms with Gasteiger partial charge in [-0.05, 0) is 30.3 Å². The fourth-order valence-electron chi connectivity index (χ4n) is 2.13. The Balaban J connectivity index is 2.00. The van der Waals surface area contributed by atoms with Gasteiger partial charge in [0.1, 0.15) is 0 Å². The third kappa shape index (κ3) is 3.01. The van der Waals surface area contributed by atoms with Crippen molar-refractivity contribution >= 4 is 5.52 Å². The summed E-state index contributed by atoms with van der Waals surface area (Å²) >= 11 is 0. The predicted molar refractivity (Wildman–Crippen MR) is 70.6 cm³/mol. The zero-order valence-corrected chi connectivity index (χ0v) is 11.3. The van der Waals surface area contributed by atoms with Crippen molar-refractivity contribution in [2.45, 2.75) is 12.4 Å². The van der Waals surface area contributed by atoms with Crippen LogP contribution < -0.4 is 0 Å². The molecule has 0 saturated carbocycles. The second-order valence-corrected chi connectivity index (χ2v) is 4.89. The van der Waals surface area contributed by atoms with Gasteiger partial charge in [-0.3, -0.25) is 0 Å². The van der Waals surface area contributed by atoms with E-state index in [1.807, 2.05) is 0 Å². The second-order valence-electron chi connectivity index (χ2n) is 4.89. The highest BCUT2D eigenvalue weighted by Crippen LogP contribution is 2.32. The van der Waals surface area contributed by atoms with E-state index < -0.39 is 23.5 Å². The van der Waals surface area contributed by atoms with Gasteiger partial charge >= 0.3 is 12.4 Å². The normalized spacial score (nSPS) is 12.8. The molecule has 3 rings (SSSR count). The lowest BCUT2D eigenvalue weighted by molar-refractivity contribution is -0.138. The van der Waals surface area contributed by atoms with Gasteiger partial charge in [-0.1, -0.05) is 12.1 Å². The lowest BCUT2D eigenvalue weighted by Crippen LogP contribution is -2.06. The number of aromatic nitrogens is 2. The van der Waals surface area contributed by atoms with Crippen LogP contribution in [0, 0.1) is 0 Å². The van der Waals surface area contributed by atoms with Crippen LogP contribution in [0.25, 0.3) is 16.8 Å². The standard InChI is InChI=1S/C15H8F6N2/c16-14(17,18)10-3-1-9(2-4-10)13-7-12-6-5-11(15(19,20)21)8-23(12)22-13/h1-8H. The Morgan fingerprint density at radius 1 is 0.739 bits per heavy atom. The molecule has 0 saturated heterocycles. The maximum absolute atomic E-state index is 12.7. The topological polar surface area (TPSA) is 17.3 Å². The Hall–Kier alpha value is -2.51. The van der Waals surface area contributed by atoms with Gasteiger partial charge in [0.05, 0.1) is 22.3 Å². The summed E-state index contributed by atoms with van der Waals surface area (Å²) in [4.78, 5) is 0. The smallest absolute Gasteiger partial charge is 0.240 e. The number of rotatable bonds is 1. The fourth-order valence-corrected chi connectivity index (χ4v) is 2.13. The molecule has 2 aromatic heterocycles. The van der Waals surface area contributed by atoms with Crippen molar-refractivity contribution in [2.24, 2.45) is 0 Å². The second kappa shape index (κ2) is 5.00. The molecule has 0 atom stereocenters.